The normalized spacial score (nSPS) is 16.7. The molecule has 1 fully saturated rings. The highest BCUT2D eigenvalue weighted by Gasteiger charge is 2.20. The summed E-state index contributed by atoms with van der Waals surface area (Å²) in [5.41, 5.74) is 5.69. The molecule has 0 unspecified atom stereocenters. The Bertz CT molecular complexity index is 190. The zero-order valence-corrected chi connectivity index (χ0v) is 9.41. The van der Waals surface area contributed by atoms with Crippen LogP contribution in [0, 0.1) is 5.92 Å². The molecule has 1 rings (SSSR count). The first kappa shape index (κ1) is 12.3. The van der Waals surface area contributed by atoms with Crippen LogP contribution in [0.2, 0.25) is 0 Å². The van der Waals surface area contributed by atoms with E-state index in [2.05, 4.69) is 10.3 Å². The summed E-state index contributed by atoms with van der Waals surface area (Å²) < 4.78 is 0. The summed E-state index contributed by atoms with van der Waals surface area (Å²) in [6, 6.07) is 0. The van der Waals surface area contributed by atoms with E-state index in [0.717, 1.165) is 44.7 Å². The summed E-state index contributed by atoms with van der Waals surface area (Å²) in [6.45, 7) is 2.09. The van der Waals surface area contributed by atoms with Gasteiger partial charge >= 0.3 is 0 Å². The molecular weight excluding hydrogens is 190 g/mol. The monoisotopic (exact) mass is 213 g/mol. The summed E-state index contributed by atoms with van der Waals surface area (Å²) >= 11 is 0. The second kappa shape index (κ2) is 7.51. The molecule has 0 radical (unpaired) electrons. The lowest BCUT2D eigenvalue weighted by Crippen LogP contribution is -2.32. The van der Waals surface area contributed by atoms with Crippen molar-refractivity contribution in [1.82, 2.24) is 5.32 Å². The van der Waals surface area contributed by atoms with Crippen LogP contribution < -0.4 is 11.1 Å². The maximum absolute atomic E-state index is 8.58. The molecule has 0 aromatic heterocycles. The lowest BCUT2D eigenvalue weighted by molar-refractivity contribution is 0.282. The average molecular weight is 213 g/mol. The van der Waals surface area contributed by atoms with Crippen LogP contribution in [0.4, 0.5) is 0 Å². The number of aliphatic hydroxyl groups excluding tert-OH is 1. The third kappa shape index (κ3) is 7.19. The molecule has 0 atom stereocenters. The summed E-state index contributed by atoms with van der Waals surface area (Å²) in [5, 5.41) is 11.7. The van der Waals surface area contributed by atoms with E-state index in [-0.39, 0.29) is 0 Å². The number of hydrogen-bond donors (Lipinski definition) is 3. The van der Waals surface area contributed by atoms with E-state index in [4.69, 9.17) is 10.8 Å². The summed E-state index contributed by atoms with van der Waals surface area (Å²) in [5.74, 6) is 1.39. The predicted molar refractivity (Wildman–Crippen MR) is 62.8 cm³/mol. The number of guanidine groups is 1. The van der Waals surface area contributed by atoms with Crippen molar-refractivity contribution in [2.24, 2.45) is 16.6 Å². The molecule has 0 aliphatic heterocycles. The minimum atomic E-state index is 0.304. The number of rotatable bonds is 8. The molecule has 1 aliphatic carbocycles. The molecule has 0 saturated heterocycles. The zero-order valence-electron chi connectivity index (χ0n) is 9.41. The number of aliphatic hydroxyl groups is 1. The molecular formula is C11H23N3O. The van der Waals surface area contributed by atoms with Gasteiger partial charge in [0, 0.05) is 19.7 Å². The van der Waals surface area contributed by atoms with Crippen molar-refractivity contribution in [2.45, 2.75) is 38.5 Å². The van der Waals surface area contributed by atoms with Gasteiger partial charge in [-0.25, -0.2) is 0 Å². The Morgan fingerprint density at radius 1 is 1.27 bits per heavy atom. The zero-order chi connectivity index (χ0) is 10.9. The quantitative estimate of drug-likeness (QED) is 0.318. The molecule has 4 nitrogen and oxygen atoms in total. The van der Waals surface area contributed by atoms with Gasteiger partial charge in [-0.2, -0.15) is 0 Å². The second-order valence-electron chi connectivity index (χ2n) is 4.23. The number of aliphatic imine (C=N–C) groups is 1. The summed E-state index contributed by atoms with van der Waals surface area (Å²) in [4.78, 5) is 4.26. The smallest absolute Gasteiger partial charge is 0.188 e. The van der Waals surface area contributed by atoms with Gasteiger partial charge < -0.3 is 16.2 Å². The minimum absolute atomic E-state index is 0.304. The van der Waals surface area contributed by atoms with Crippen LogP contribution >= 0.6 is 0 Å². The molecule has 0 spiro atoms. The van der Waals surface area contributed by atoms with Gasteiger partial charge in [0.2, 0.25) is 0 Å². The highest BCUT2D eigenvalue weighted by Crippen LogP contribution is 2.28. The second-order valence-corrected chi connectivity index (χ2v) is 4.23. The molecule has 0 bridgehead atoms. The Morgan fingerprint density at radius 2 is 2.00 bits per heavy atom. The largest absolute Gasteiger partial charge is 0.396 e. The molecule has 0 aromatic rings. The Kier molecular flexibility index (Phi) is 6.16. The van der Waals surface area contributed by atoms with Crippen molar-refractivity contribution in [3.8, 4) is 0 Å². The maximum atomic E-state index is 8.58. The van der Waals surface area contributed by atoms with Crippen LogP contribution in [-0.4, -0.2) is 30.8 Å². The Balaban J connectivity index is 1.86. The van der Waals surface area contributed by atoms with Gasteiger partial charge in [0.25, 0.3) is 0 Å². The van der Waals surface area contributed by atoms with Gasteiger partial charge in [0.1, 0.15) is 0 Å². The molecule has 0 heterocycles. The van der Waals surface area contributed by atoms with Crippen molar-refractivity contribution in [3.05, 3.63) is 0 Å². The third-order valence-corrected chi connectivity index (χ3v) is 2.61. The molecule has 88 valence electrons. The average Bonchev–Trinajstić information content (AvgIpc) is 3.04. The van der Waals surface area contributed by atoms with E-state index in [1.165, 1.54) is 12.8 Å². The molecule has 1 aliphatic rings. The highest BCUT2D eigenvalue weighted by molar-refractivity contribution is 5.77. The van der Waals surface area contributed by atoms with Crippen LogP contribution in [0.5, 0.6) is 0 Å². The molecule has 1 saturated carbocycles. The number of nitrogens with two attached hydrogens (primary N) is 1. The number of unbranched alkanes of at least 4 members (excludes halogenated alkanes) is 3. The van der Waals surface area contributed by atoms with E-state index >= 15 is 0 Å². The molecule has 4 heteroatoms. The number of nitrogens with one attached hydrogen (secondary N) is 1. The number of nitrogens with zero attached hydrogens (tertiary/aromatic N) is 1. The fourth-order valence-corrected chi connectivity index (χ4v) is 1.39. The Hall–Kier alpha value is -0.770. The van der Waals surface area contributed by atoms with E-state index in [1.807, 2.05) is 0 Å². The number of hydrogen-bond acceptors (Lipinski definition) is 2. The molecule has 0 aromatic carbocycles. The Morgan fingerprint density at radius 3 is 2.67 bits per heavy atom. The van der Waals surface area contributed by atoms with Crippen molar-refractivity contribution < 1.29 is 5.11 Å². The SMILES string of the molecule is NC(=NCC1CC1)NCCCCCCO. The van der Waals surface area contributed by atoms with Gasteiger partial charge in [0.15, 0.2) is 5.96 Å². The van der Waals surface area contributed by atoms with Gasteiger partial charge in [0.05, 0.1) is 0 Å². The van der Waals surface area contributed by atoms with E-state index < -0.39 is 0 Å². The van der Waals surface area contributed by atoms with Gasteiger partial charge in [-0.05, 0) is 31.6 Å². The highest BCUT2D eigenvalue weighted by atomic mass is 16.2. The van der Waals surface area contributed by atoms with Gasteiger partial charge in [-0.15, -0.1) is 0 Å². The lowest BCUT2D eigenvalue weighted by atomic mass is 10.2. The minimum Gasteiger partial charge on any atom is -0.396 e. The van der Waals surface area contributed by atoms with Crippen LogP contribution in [0.25, 0.3) is 0 Å². The topological polar surface area (TPSA) is 70.6 Å². The van der Waals surface area contributed by atoms with Crippen LogP contribution in [-0.2, 0) is 0 Å². The third-order valence-electron chi connectivity index (χ3n) is 2.61. The summed E-state index contributed by atoms with van der Waals surface area (Å²) in [6.07, 6.45) is 6.88. The predicted octanol–water partition coefficient (Wildman–Crippen LogP) is 0.853. The van der Waals surface area contributed by atoms with Crippen molar-refractivity contribution >= 4 is 5.96 Å². The van der Waals surface area contributed by atoms with Crippen molar-refractivity contribution in [3.63, 3.8) is 0 Å². The van der Waals surface area contributed by atoms with Gasteiger partial charge in [-0.3, -0.25) is 4.99 Å². The first-order valence-corrected chi connectivity index (χ1v) is 5.97. The van der Waals surface area contributed by atoms with E-state index in [1.54, 1.807) is 0 Å². The lowest BCUT2D eigenvalue weighted by Gasteiger charge is -2.04. The van der Waals surface area contributed by atoms with Crippen molar-refractivity contribution in [1.29, 1.82) is 0 Å². The van der Waals surface area contributed by atoms with Crippen LogP contribution in [0.3, 0.4) is 0 Å². The summed E-state index contributed by atoms with van der Waals surface area (Å²) in [7, 11) is 0. The van der Waals surface area contributed by atoms with Crippen LogP contribution in [0.15, 0.2) is 4.99 Å². The molecule has 15 heavy (non-hydrogen) atoms. The molecule has 4 N–H and O–H groups in total. The fraction of sp³-hybridized carbons (Fsp3) is 0.909. The van der Waals surface area contributed by atoms with Crippen molar-refractivity contribution in [2.75, 3.05) is 19.7 Å². The fourth-order valence-electron chi connectivity index (χ4n) is 1.39. The standard InChI is InChI=1S/C11H23N3O/c12-11(14-9-10-5-6-10)13-7-3-1-2-4-8-15/h10,15H,1-9H2,(H3,12,13,14). The van der Waals surface area contributed by atoms with E-state index in [0.29, 0.717) is 12.6 Å². The Labute approximate surface area is 92.0 Å². The molecule has 0 amide bonds. The first-order chi connectivity index (χ1) is 7.33. The maximum Gasteiger partial charge on any atom is 0.188 e. The van der Waals surface area contributed by atoms with Crippen LogP contribution in [0.1, 0.15) is 38.5 Å². The van der Waals surface area contributed by atoms with Gasteiger partial charge in [-0.1, -0.05) is 12.8 Å². The van der Waals surface area contributed by atoms with E-state index in [9.17, 15) is 0 Å². The first-order valence-electron chi connectivity index (χ1n) is 5.97.